The van der Waals surface area contributed by atoms with Gasteiger partial charge in [-0.2, -0.15) is 8.96 Å². The minimum absolute atomic E-state index is 0.168. The molecule has 0 N–H and O–H groups in total. The maximum absolute atomic E-state index is 15.2. The molecule has 0 saturated heterocycles. The molecule has 4 rings (SSSR count). The number of aromatic nitrogens is 1. The average molecular weight is 356 g/mol. The number of nitrogens with zero attached hydrogens (tertiary/aromatic N) is 1. The quantitative estimate of drug-likeness (QED) is 0.595. The summed E-state index contributed by atoms with van der Waals surface area (Å²) in [4.78, 5) is 0. The summed E-state index contributed by atoms with van der Waals surface area (Å²) in [5.41, 5.74) is 2.57. The van der Waals surface area contributed by atoms with E-state index in [2.05, 4.69) is 31.5 Å². The lowest BCUT2D eigenvalue weighted by Crippen LogP contribution is -2.56. The van der Waals surface area contributed by atoms with Crippen molar-refractivity contribution in [2.45, 2.75) is 70.8 Å². The molecule has 1 aromatic carbocycles. The van der Waals surface area contributed by atoms with Crippen LogP contribution >= 0.6 is 0 Å². The summed E-state index contributed by atoms with van der Waals surface area (Å²) in [7, 11) is 0. The van der Waals surface area contributed by atoms with E-state index in [9.17, 15) is 0 Å². The first kappa shape index (κ1) is 17.6. The van der Waals surface area contributed by atoms with Crippen molar-refractivity contribution in [3.63, 3.8) is 0 Å². The third-order valence-corrected chi connectivity index (χ3v) is 7.03. The van der Waals surface area contributed by atoms with Crippen LogP contribution in [0.5, 0.6) is 0 Å². The van der Waals surface area contributed by atoms with Gasteiger partial charge in [-0.3, -0.25) is 0 Å². The highest BCUT2D eigenvalue weighted by Crippen LogP contribution is 2.73. The largest absolute Gasteiger partial charge is 0.249 e. The normalized spacial score (nSPS) is 28.3. The van der Waals surface area contributed by atoms with Gasteiger partial charge >= 0.3 is 0 Å². The molecular formula is C23H28F2N+. The number of halogens is 2. The first-order chi connectivity index (χ1) is 12.5. The monoisotopic (exact) mass is 356 g/mol. The highest BCUT2D eigenvalue weighted by molar-refractivity contribution is 5.69. The zero-order valence-electron chi connectivity index (χ0n) is 16.2. The molecule has 3 heteroatoms. The van der Waals surface area contributed by atoms with Crippen molar-refractivity contribution in [3.05, 3.63) is 53.2 Å². The Morgan fingerprint density at radius 1 is 1.12 bits per heavy atom. The molecule has 0 amide bonds. The van der Waals surface area contributed by atoms with E-state index in [1.54, 1.807) is 18.2 Å². The van der Waals surface area contributed by atoms with Gasteiger partial charge in [0.05, 0.1) is 11.0 Å². The van der Waals surface area contributed by atoms with E-state index < -0.39 is 0 Å². The van der Waals surface area contributed by atoms with Gasteiger partial charge in [0.1, 0.15) is 5.82 Å². The Labute approximate surface area is 155 Å². The zero-order chi connectivity index (χ0) is 18.7. The standard InChI is InChI=1S/C23H28F2N/c1-5-8-12-22-19(6-2)23(22,7-3)26-14-15(4)13-18(25)21(26)16-10-9-11-17(24)20(16)22/h9-11,13-14,19H,5-8,12H2,1-4H3/q+1. The van der Waals surface area contributed by atoms with Gasteiger partial charge in [-0.25, -0.2) is 4.39 Å². The van der Waals surface area contributed by atoms with Crippen molar-refractivity contribution >= 4 is 0 Å². The Kier molecular flexibility index (Phi) is 3.98. The summed E-state index contributed by atoms with van der Waals surface area (Å²) >= 11 is 0. The van der Waals surface area contributed by atoms with Crippen LogP contribution in [-0.2, 0) is 11.0 Å². The molecule has 0 bridgehead atoms. The molecule has 2 aromatic rings. The predicted octanol–water partition coefficient (Wildman–Crippen LogP) is 5.81. The van der Waals surface area contributed by atoms with Crippen LogP contribution in [0.4, 0.5) is 8.78 Å². The van der Waals surface area contributed by atoms with Crippen LogP contribution in [0.25, 0.3) is 11.3 Å². The number of aryl methyl sites for hydroxylation is 1. The molecule has 3 atom stereocenters. The van der Waals surface area contributed by atoms with Crippen molar-refractivity contribution in [1.82, 2.24) is 0 Å². The molecule has 1 aromatic heterocycles. The van der Waals surface area contributed by atoms with Gasteiger partial charge in [-0.05, 0) is 38.0 Å². The second-order valence-corrected chi connectivity index (χ2v) is 8.06. The summed E-state index contributed by atoms with van der Waals surface area (Å²) in [6.45, 7) is 8.50. The molecule has 2 aliphatic rings. The van der Waals surface area contributed by atoms with E-state index in [4.69, 9.17) is 0 Å². The highest BCUT2D eigenvalue weighted by Gasteiger charge is 2.84. The number of rotatable bonds is 5. The van der Waals surface area contributed by atoms with Gasteiger partial charge in [0.15, 0.2) is 17.6 Å². The minimum atomic E-state index is -0.240. The predicted molar refractivity (Wildman–Crippen MR) is 100.0 cm³/mol. The lowest BCUT2D eigenvalue weighted by Gasteiger charge is -2.30. The molecule has 0 spiro atoms. The second kappa shape index (κ2) is 5.87. The molecule has 3 unspecified atom stereocenters. The molecule has 1 fully saturated rings. The number of benzene rings is 1. The van der Waals surface area contributed by atoms with Gasteiger partial charge in [0.25, 0.3) is 0 Å². The summed E-state index contributed by atoms with van der Waals surface area (Å²) in [6, 6.07) is 6.75. The van der Waals surface area contributed by atoms with Crippen LogP contribution in [0.1, 0.15) is 64.0 Å². The van der Waals surface area contributed by atoms with Gasteiger partial charge in [-0.15, -0.1) is 0 Å². The maximum atomic E-state index is 15.2. The van der Waals surface area contributed by atoms with E-state index in [1.165, 1.54) is 0 Å². The molecule has 0 radical (unpaired) electrons. The van der Waals surface area contributed by atoms with Crippen molar-refractivity contribution in [2.24, 2.45) is 5.92 Å². The first-order valence-corrected chi connectivity index (χ1v) is 10.0. The minimum Gasteiger partial charge on any atom is -0.207 e. The van der Waals surface area contributed by atoms with Crippen LogP contribution in [0.3, 0.4) is 0 Å². The number of hydrogen-bond acceptors (Lipinski definition) is 0. The fraction of sp³-hybridized carbons (Fsp3) is 0.522. The average Bonchev–Trinajstić information content (AvgIpc) is 3.22. The van der Waals surface area contributed by atoms with E-state index >= 15 is 8.78 Å². The Hall–Kier alpha value is -1.77. The Morgan fingerprint density at radius 3 is 2.54 bits per heavy atom. The van der Waals surface area contributed by atoms with E-state index in [0.29, 0.717) is 11.6 Å². The van der Waals surface area contributed by atoms with Crippen LogP contribution < -0.4 is 4.57 Å². The SMILES string of the molecule is CCCCC12c3c(F)cccc3-c3c(F)cc(C)c[n+]3C1(CC)C2CC. The molecule has 2 heterocycles. The summed E-state index contributed by atoms with van der Waals surface area (Å²) in [5.74, 6) is -0.0660. The third kappa shape index (κ3) is 1.87. The maximum Gasteiger partial charge on any atom is 0.249 e. The smallest absolute Gasteiger partial charge is 0.207 e. The third-order valence-electron chi connectivity index (χ3n) is 7.03. The summed E-state index contributed by atoms with van der Waals surface area (Å²) in [6.07, 6.45) is 7.08. The van der Waals surface area contributed by atoms with Crippen LogP contribution in [0.15, 0.2) is 30.5 Å². The Balaban J connectivity index is 2.12. The summed E-state index contributed by atoms with van der Waals surface area (Å²) in [5, 5.41) is 0. The van der Waals surface area contributed by atoms with Crippen molar-refractivity contribution in [3.8, 4) is 11.3 Å². The lowest BCUT2D eigenvalue weighted by molar-refractivity contribution is -0.740. The molecule has 138 valence electrons. The van der Waals surface area contributed by atoms with Crippen LogP contribution in [0.2, 0.25) is 0 Å². The number of hydrogen-bond donors (Lipinski definition) is 0. The molecule has 1 nitrogen and oxygen atoms in total. The fourth-order valence-corrected chi connectivity index (χ4v) is 6.27. The lowest BCUT2D eigenvalue weighted by atomic mass is 9.77. The van der Waals surface area contributed by atoms with Gasteiger partial charge in [0, 0.05) is 23.5 Å². The first-order valence-electron chi connectivity index (χ1n) is 10.0. The molecule has 1 aliphatic carbocycles. The highest BCUT2D eigenvalue weighted by atomic mass is 19.1. The molecule has 1 aliphatic heterocycles. The second-order valence-electron chi connectivity index (χ2n) is 8.06. The van der Waals surface area contributed by atoms with E-state index in [-0.39, 0.29) is 22.6 Å². The Morgan fingerprint density at radius 2 is 1.88 bits per heavy atom. The zero-order valence-corrected chi connectivity index (χ0v) is 16.2. The van der Waals surface area contributed by atoms with E-state index in [1.807, 2.05) is 13.0 Å². The Bertz CT molecular complexity index is 875. The number of fused-ring (bicyclic) bond motifs is 6. The van der Waals surface area contributed by atoms with E-state index in [0.717, 1.165) is 48.8 Å². The molecule has 26 heavy (non-hydrogen) atoms. The number of pyridine rings is 1. The van der Waals surface area contributed by atoms with Gasteiger partial charge < -0.3 is 0 Å². The van der Waals surface area contributed by atoms with Crippen LogP contribution in [-0.4, -0.2) is 0 Å². The molecular weight excluding hydrogens is 328 g/mol. The summed E-state index contributed by atoms with van der Waals surface area (Å²) < 4.78 is 32.5. The van der Waals surface area contributed by atoms with Gasteiger partial charge in [0.2, 0.25) is 5.69 Å². The number of unbranched alkanes of at least 4 members (excludes halogenated alkanes) is 1. The molecule has 1 saturated carbocycles. The van der Waals surface area contributed by atoms with Gasteiger partial charge in [-0.1, -0.05) is 39.7 Å². The van der Waals surface area contributed by atoms with Crippen molar-refractivity contribution < 1.29 is 13.3 Å². The fourth-order valence-electron chi connectivity index (χ4n) is 6.27. The van der Waals surface area contributed by atoms with Crippen molar-refractivity contribution in [2.75, 3.05) is 0 Å². The topological polar surface area (TPSA) is 3.88 Å². The van der Waals surface area contributed by atoms with Crippen molar-refractivity contribution in [1.29, 1.82) is 0 Å². The van der Waals surface area contributed by atoms with Crippen LogP contribution in [0, 0.1) is 24.5 Å².